The first kappa shape index (κ1) is 16.6. The van der Waals surface area contributed by atoms with Crippen molar-refractivity contribution in [3.8, 4) is 0 Å². The first-order valence-corrected chi connectivity index (χ1v) is 6.54. The van der Waals surface area contributed by atoms with E-state index in [9.17, 15) is 18.0 Å². The number of carboxylic acids is 1. The third kappa shape index (κ3) is 5.24. The monoisotopic (exact) mass is 351 g/mol. The van der Waals surface area contributed by atoms with Crippen LogP contribution in [0.3, 0.4) is 0 Å². The van der Waals surface area contributed by atoms with Crippen LogP contribution >= 0.6 is 15.9 Å². The fourth-order valence-corrected chi connectivity index (χ4v) is 2.28. The standard InChI is InChI=1S/C13H13BrF3NO2/c1-2-18(8-13(15,16)17)11-5-3-9(7-10(11)14)4-6-12(19)20/h3-7H,2,8H2,1H3,(H,19,20)/b6-4+. The molecule has 1 aromatic rings. The Morgan fingerprint density at radius 3 is 2.55 bits per heavy atom. The van der Waals surface area contributed by atoms with Crippen molar-refractivity contribution in [1.29, 1.82) is 0 Å². The Kier molecular flexibility index (Phi) is 5.62. The van der Waals surface area contributed by atoms with Crippen molar-refractivity contribution in [3.63, 3.8) is 0 Å². The number of alkyl halides is 3. The van der Waals surface area contributed by atoms with Crippen LogP contribution in [0.2, 0.25) is 0 Å². The van der Waals surface area contributed by atoms with Gasteiger partial charge in [-0.15, -0.1) is 0 Å². The number of rotatable bonds is 5. The molecule has 0 heterocycles. The van der Waals surface area contributed by atoms with Crippen LogP contribution in [0.15, 0.2) is 28.7 Å². The SMILES string of the molecule is CCN(CC(F)(F)F)c1ccc(/C=C/C(=O)O)cc1Br. The summed E-state index contributed by atoms with van der Waals surface area (Å²) in [7, 11) is 0. The topological polar surface area (TPSA) is 40.5 Å². The van der Waals surface area contributed by atoms with E-state index in [0.29, 0.717) is 15.7 Å². The molecular weight excluding hydrogens is 339 g/mol. The molecule has 0 fully saturated rings. The van der Waals surface area contributed by atoms with Gasteiger partial charge in [-0.1, -0.05) is 6.07 Å². The molecule has 0 bridgehead atoms. The Labute approximate surface area is 122 Å². The predicted octanol–water partition coefficient (Wildman–Crippen LogP) is 3.94. The summed E-state index contributed by atoms with van der Waals surface area (Å²) in [6.45, 7) is 0.811. The zero-order chi connectivity index (χ0) is 15.3. The molecule has 0 saturated carbocycles. The van der Waals surface area contributed by atoms with Gasteiger partial charge in [-0.25, -0.2) is 4.79 Å². The smallest absolute Gasteiger partial charge is 0.405 e. The number of hydrogen-bond acceptors (Lipinski definition) is 2. The van der Waals surface area contributed by atoms with Gasteiger partial charge in [0, 0.05) is 17.1 Å². The lowest BCUT2D eigenvalue weighted by Gasteiger charge is -2.25. The maximum atomic E-state index is 12.5. The summed E-state index contributed by atoms with van der Waals surface area (Å²) >= 11 is 3.21. The third-order valence-electron chi connectivity index (χ3n) is 2.48. The molecule has 0 aromatic heterocycles. The van der Waals surface area contributed by atoms with Crippen LogP contribution in [0.5, 0.6) is 0 Å². The van der Waals surface area contributed by atoms with E-state index < -0.39 is 18.7 Å². The highest BCUT2D eigenvalue weighted by Gasteiger charge is 2.30. The van der Waals surface area contributed by atoms with Crippen molar-refractivity contribution in [3.05, 3.63) is 34.3 Å². The van der Waals surface area contributed by atoms with E-state index in [1.807, 2.05) is 0 Å². The van der Waals surface area contributed by atoms with Crippen LogP contribution < -0.4 is 4.90 Å². The number of carboxylic acid groups (broad SMARTS) is 1. The Morgan fingerprint density at radius 1 is 1.45 bits per heavy atom. The van der Waals surface area contributed by atoms with E-state index >= 15 is 0 Å². The van der Waals surface area contributed by atoms with Crippen molar-refractivity contribution < 1.29 is 23.1 Å². The fourth-order valence-electron chi connectivity index (χ4n) is 1.63. The minimum absolute atomic E-state index is 0.211. The van der Waals surface area contributed by atoms with Crippen LogP contribution in [0.1, 0.15) is 12.5 Å². The number of carbonyl (C=O) groups is 1. The number of nitrogens with zero attached hydrogens (tertiary/aromatic N) is 1. The van der Waals surface area contributed by atoms with E-state index in [4.69, 9.17) is 5.11 Å². The van der Waals surface area contributed by atoms with Crippen LogP contribution in [0, 0.1) is 0 Å². The third-order valence-corrected chi connectivity index (χ3v) is 3.12. The Bertz CT molecular complexity index is 515. The molecule has 0 spiro atoms. The molecule has 0 aliphatic heterocycles. The molecule has 1 N–H and O–H groups in total. The lowest BCUT2D eigenvalue weighted by molar-refractivity contribution is -0.131. The molecule has 0 amide bonds. The summed E-state index contributed by atoms with van der Waals surface area (Å²) in [5.74, 6) is -1.09. The Hall–Kier alpha value is -1.50. The maximum absolute atomic E-state index is 12.5. The Morgan fingerprint density at radius 2 is 2.10 bits per heavy atom. The van der Waals surface area contributed by atoms with Gasteiger partial charge in [-0.05, 0) is 46.6 Å². The zero-order valence-corrected chi connectivity index (χ0v) is 12.2. The van der Waals surface area contributed by atoms with E-state index in [1.165, 1.54) is 17.0 Å². The van der Waals surface area contributed by atoms with Crippen molar-refractivity contribution in [1.82, 2.24) is 0 Å². The molecule has 0 unspecified atom stereocenters. The van der Waals surface area contributed by atoms with Gasteiger partial charge in [0.25, 0.3) is 0 Å². The van der Waals surface area contributed by atoms with E-state index in [-0.39, 0.29) is 6.54 Å². The molecule has 3 nitrogen and oxygen atoms in total. The lowest BCUT2D eigenvalue weighted by Crippen LogP contribution is -2.34. The Balaban J connectivity index is 2.99. The highest BCUT2D eigenvalue weighted by atomic mass is 79.9. The summed E-state index contributed by atoms with van der Waals surface area (Å²) in [6, 6.07) is 4.67. The minimum atomic E-state index is -4.28. The molecule has 0 aliphatic carbocycles. The van der Waals surface area contributed by atoms with Gasteiger partial charge < -0.3 is 10.0 Å². The van der Waals surface area contributed by atoms with Crippen molar-refractivity contribution in [2.24, 2.45) is 0 Å². The average molecular weight is 352 g/mol. The lowest BCUT2D eigenvalue weighted by atomic mass is 10.2. The van der Waals surface area contributed by atoms with Gasteiger partial charge in [0.05, 0.1) is 5.69 Å². The van der Waals surface area contributed by atoms with Crippen LogP contribution in [-0.4, -0.2) is 30.3 Å². The van der Waals surface area contributed by atoms with Crippen molar-refractivity contribution in [2.45, 2.75) is 13.1 Å². The fraction of sp³-hybridized carbons (Fsp3) is 0.308. The number of aliphatic carboxylic acids is 1. The van der Waals surface area contributed by atoms with Gasteiger partial charge in [-0.2, -0.15) is 13.2 Å². The maximum Gasteiger partial charge on any atom is 0.405 e. The molecule has 0 saturated heterocycles. The summed E-state index contributed by atoms with van der Waals surface area (Å²) in [5, 5.41) is 8.52. The molecule has 0 radical (unpaired) electrons. The van der Waals surface area contributed by atoms with Gasteiger partial charge in [0.2, 0.25) is 0 Å². The molecule has 110 valence electrons. The second-order valence-corrected chi connectivity index (χ2v) is 4.87. The summed E-state index contributed by atoms with van der Waals surface area (Å²) in [6.07, 6.45) is -1.94. The number of hydrogen-bond donors (Lipinski definition) is 1. The van der Waals surface area contributed by atoms with E-state index in [0.717, 1.165) is 6.08 Å². The largest absolute Gasteiger partial charge is 0.478 e. The van der Waals surface area contributed by atoms with E-state index in [2.05, 4.69) is 15.9 Å². The molecule has 0 aliphatic rings. The van der Waals surface area contributed by atoms with Gasteiger partial charge in [0.1, 0.15) is 6.54 Å². The average Bonchev–Trinajstić information content (AvgIpc) is 2.33. The van der Waals surface area contributed by atoms with Crippen LogP contribution in [-0.2, 0) is 4.79 Å². The second-order valence-electron chi connectivity index (χ2n) is 4.01. The summed E-state index contributed by atoms with van der Waals surface area (Å²) in [5.41, 5.74) is 1.00. The van der Waals surface area contributed by atoms with Crippen molar-refractivity contribution >= 4 is 33.7 Å². The predicted molar refractivity (Wildman–Crippen MR) is 74.8 cm³/mol. The zero-order valence-electron chi connectivity index (χ0n) is 10.6. The van der Waals surface area contributed by atoms with Crippen LogP contribution in [0.25, 0.3) is 6.08 Å². The highest BCUT2D eigenvalue weighted by molar-refractivity contribution is 9.10. The van der Waals surface area contributed by atoms with Gasteiger partial charge >= 0.3 is 12.1 Å². The molecule has 1 rings (SSSR count). The molecule has 7 heteroatoms. The van der Waals surface area contributed by atoms with Gasteiger partial charge in [0.15, 0.2) is 0 Å². The summed E-state index contributed by atoms with van der Waals surface area (Å²) in [4.78, 5) is 11.6. The quantitative estimate of drug-likeness (QED) is 0.817. The molecule has 0 atom stereocenters. The first-order chi connectivity index (χ1) is 9.23. The van der Waals surface area contributed by atoms with E-state index in [1.54, 1.807) is 19.1 Å². The molecule has 20 heavy (non-hydrogen) atoms. The number of anilines is 1. The minimum Gasteiger partial charge on any atom is -0.478 e. The number of benzene rings is 1. The van der Waals surface area contributed by atoms with Crippen molar-refractivity contribution in [2.75, 3.05) is 18.0 Å². The molecule has 1 aromatic carbocycles. The molecular formula is C13H13BrF3NO2. The van der Waals surface area contributed by atoms with Gasteiger partial charge in [-0.3, -0.25) is 0 Å². The summed E-state index contributed by atoms with van der Waals surface area (Å²) < 4.78 is 37.9. The normalized spacial score (nSPS) is 11.8. The van der Waals surface area contributed by atoms with Crippen LogP contribution in [0.4, 0.5) is 18.9 Å². The number of halogens is 4. The first-order valence-electron chi connectivity index (χ1n) is 5.75. The highest BCUT2D eigenvalue weighted by Crippen LogP contribution is 2.30. The second kappa shape index (κ2) is 6.78.